The van der Waals surface area contributed by atoms with Crippen LogP contribution in [0.2, 0.25) is 0 Å². The van der Waals surface area contributed by atoms with Crippen LogP contribution >= 0.6 is 0 Å². The molecule has 4 aliphatic heterocycles. The second-order valence-corrected chi connectivity index (χ2v) is 16.4. The number of piperazine rings is 1. The summed E-state index contributed by atoms with van der Waals surface area (Å²) >= 11 is 0. The summed E-state index contributed by atoms with van der Waals surface area (Å²) in [6.45, 7) is 9.25. The summed E-state index contributed by atoms with van der Waals surface area (Å²) in [5, 5.41) is 13.1. The van der Waals surface area contributed by atoms with E-state index in [1.54, 1.807) is 23.1 Å². The van der Waals surface area contributed by atoms with E-state index in [1.807, 2.05) is 32.6 Å². The van der Waals surface area contributed by atoms with E-state index >= 15 is 8.78 Å². The van der Waals surface area contributed by atoms with Crippen molar-refractivity contribution in [3.63, 3.8) is 0 Å². The topological polar surface area (TPSA) is 110 Å². The minimum absolute atomic E-state index is 0.0779. The predicted octanol–water partition coefficient (Wildman–Crippen LogP) is 7.52. The number of fused-ring (bicyclic) bond motifs is 5. The molecule has 1 N–H and O–H groups in total. The van der Waals surface area contributed by atoms with Crippen LogP contribution < -0.4 is 14.4 Å². The monoisotopic (exact) mass is 763 g/mol. The van der Waals surface area contributed by atoms with Gasteiger partial charge in [-0.15, -0.1) is 0 Å². The lowest BCUT2D eigenvalue weighted by atomic mass is 9.91. The number of halogens is 3. The number of benzene rings is 3. The number of aromatic hydroxyl groups is 1. The van der Waals surface area contributed by atoms with E-state index in [9.17, 15) is 14.3 Å². The van der Waals surface area contributed by atoms with Crippen molar-refractivity contribution >= 4 is 33.6 Å². The number of phenols is 1. The minimum atomic E-state index is -0.965. The van der Waals surface area contributed by atoms with Crippen molar-refractivity contribution < 1.29 is 42.0 Å². The molecule has 2 bridgehead atoms. The first-order valence-corrected chi connectivity index (χ1v) is 19.2. The average molecular weight is 764 g/mol. The van der Waals surface area contributed by atoms with Gasteiger partial charge in [0.15, 0.2) is 12.6 Å². The van der Waals surface area contributed by atoms with Crippen LogP contribution in [0.3, 0.4) is 0 Å². The Hall–Kier alpha value is -4.56. The number of methoxy groups -OCH3 is 1. The highest BCUT2D eigenvalue weighted by molar-refractivity contribution is 6.05. The molecule has 1 aromatic heterocycles. The molecule has 4 fully saturated rings. The van der Waals surface area contributed by atoms with E-state index in [1.165, 1.54) is 19.2 Å². The van der Waals surface area contributed by atoms with E-state index < -0.39 is 34.7 Å². The second-order valence-electron chi connectivity index (χ2n) is 16.4. The molecule has 0 aliphatic carbocycles. The van der Waals surface area contributed by atoms with Crippen LogP contribution in [-0.2, 0) is 15.9 Å². The third kappa shape index (κ3) is 6.74. The number of rotatable bonds is 9. The maximum Gasteiger partial charge on any atom is 0.410 e. The molecule has 294 valence electrons. The summed E-state index contributed by atoms with van der Waals surface area (Å²) in [7, 11) is 1.48. The lowest BCUT2D eigenvalue weighted by molar-refractivity contribution is 0.0122. The summed E-state index contributed by atoms with van der Waals surface area (Å²) in [5.41, 5.74) is -0.853. The van der Waals surface area contributed by atoms with Gasteiger partial charge < -0.3 is 29.0 Å². The van der Waals surface area contributed by atoms with Gasteiger partial charge in [0.05, 0.1) is 23.2 Å². The molecule has 0 saturated carbocycles. The van der Waals surface area contributed by atoms with Gasteiger partial charge in [-0.25, -0.2) is 18.0 Å². The number of aromatic nitrogens is 2. The van der Waals surface area contributed by atoms with Gasteiger partial charge in [-0.2, -0.15) is 9.97 Å². The van der Waals surface area contributed by atoms with Crippen molar-refractivity contribution in [2.45, 2.75) is 95.6 Å². The molecule has 0 spiro atoms. The number of nitrogens with zero attached hydrogens (tertiary/aromatic N) is 5. The molecule has 4 aromatic rings. The first kappa shape index (κ1) is 37.4. The van der Waals surface area contributed by atoms with Crippen LogP contribution in [0.5, 0.6) is 17.5 Å². The molecule has 4 atom stereocenters. The summed E-state index contributed by atoms with van der Waals surface area (Å²) in [6.07, 6.45) is 2.50. The number of amides is 1. The van der Waals surface area contributed by atoms with Gasteiger partial charge in [0.25, 0.3) is 0 Å². The van der Waals surface area contributed by atoms with Crippen LogP contribution in [-0.4, -0.2) is 107 Å². The fourth-order valence-electron chi connectivity index (χ4n) is 9.32. The minimum Gasteiger partial charge on any atom is -0.507 e. The molecule has 5 heterocycles. The number of phenolic OH excluding ortho intramolecular Hbond substituents is 1. The normalized spacial score (nSPS) is 23.9. The highest BCUT2D eigenvalue weighted by atomic mass is 19.1. The van der Waals surface area contributed by atoms with E-state index in [0.29, 0.717) is 60.4 Å². The number of anilines is 1. The van der Waals surface area contributed by atoms with Crippen LogP contribution in [0.15, 0.2) is 30.3 Å². The summed E-state index contributed by atoms with van der Waals surface area (Å²) in [5.74, 6) is -1.01. The maximum absolute atomic E-state index is 17.5. The Morgan fingerprint density at radius 3 is 2.53 bits per heavy atom. The van der Waals surface area contributed by atoms with Crippen LogP contribution in [0, 0.1) is 11.6 Å². The van der Waals surface area contributed by atoms with Crippen LogP contribution in [0.25, 0.3) is 32.8 Å². The summed E-state index contributed by atoms with van der Waals surface area (Å²) in [4.78, 5) is 28.7. The van der Waals surface area contributed by atoms with Gasteiger partial charge in [0.2, 0.25) is 0 Å². The smallest absolute Gasteiger partial charge is 0.410 e. The lowest BCUT2D eigenvalue weighted by Crippen LogP contribution is -2.57. The Kier molecular flexibility index (Phi) is 9.64. The molecule has 3 aromatic carbocycles. The van der Waals surface area contributed by atoms with Gasteiger partial charge in [-0.3, -0.25) is 9.80 Å². The predicted molar refractivity (Wildman–Crippen MR) is 202 cm³/mol. The van der Waals surface area contributed by atoms with Gasteiger partial charge in [0, 0.05) is 44.1 Å². The van der Waals surface area contributed by atoms with Crippen molar-refractivity contribution in [2.75, 3.05) is 51.6 Å². The van der Waals surface area contributed by atoms with Gasteiger partial charge in [0.1, 0.15) is 47.0 Å². The van der Waals surface area contributed by atoms with Gasteiger partial charge in [-0.1, -0.05) is 13.0 Å². The van der Waals surface area contributed by atoms with Gasteiger partial charge >= 0.3 is 12.1 Å². The number of carbonyl (C=O) groups excluding carboxylic acids is 1. The number of hydrogen-bond donors (Lipinski definition) is 1. The first-order chi connectivity index (χ1) is 26.3. The number of carbonyl (C=O) groups is 1. The first-order valence-electron chi connectivity index (χ1n) is 19.2. The highest BCUT2D eigenvalue weighted by Gasteiger charge is 2.50. The number of alkyl halides is 1. The van der Waals surface area contributed by atoms with Crippen molar-refractivity contribution in [3.05, 3.63) is 47.5 Å². The molecule has 4 aliphatic rings. The SMILES string of the molecule is CCc1c(F)ccc2cc(OCOC)cc(-c3c(O)cc4c(N5CC6CCC(C5)N6C(=O)OC(C)(C)C)nc(OCC56CCCN5C[C@H](F)C6)nc4c3F)c12. The average Bonchev–Trinajstić information content (AvgIpc) is 3.75. The Labute approximate surface area is 318 Å². The number of aryl methyl sites for hydroxylation is 1. The molecule has 0 radical (unpaired) electrons. The summed E-state index contributed by atoms with van der Waals surface area (Å²) < 4.78 is 70.5. The molecule has 8 rings (SSSR count). The van der Waals surface area contributed by atoms with Crippen molar-refractivity contribution in [3.8, 4) is 28.6 Å². The third-order valence-electron chi connectivity index (χ3n) is 11.6. The van der Waals surface area contributed by atoms with Crippen molar-refractivity contribution in [1.29, 1.82) is 0 Å². The van der Waals surface area contributed by atoms with Crippen molar-refractivity contribution in [2.24, 2.45) is 0 Å². The molecule has 1 amide bonds. The largest absolute Gasteiger partial charge is 0.507 e. The molecule has 14 heteroatoms. The molecule has 4 saturated heterocycles. The molecular weight excluding hydrogens is 715 g/mol. The van der Waals surface area contributed by atoms with Gasteiger partial charge in [-0.05, 0) is 100 Å². The van der Waals surface area contributed by atoms with Crippen molar-refractivity contribution in [1.82, 2.24) is 19.8 Å². The fourth-order valence-corrected chi connectivity index (χ4v) is 9.32. The zero-order chi connectivity index (χ0) is 38.8. The second kappa shape index (κ2) is 14.2. The fraction of sp³-hybridized carbons (Fsp3) is 0.537. The van der Waals surface area contributed by atoms with E-state index in [4.69, 9.17) is 23.9 Å². The highest BCUT2D eigenvalue weighted by Crippen LogP contribution is 2.46. The van der Waals surface area contributed by atoms with E-state index in [0.717, 1.165) is 32.2 Å². The third-order valence-corrected chi connectivity index (χ3v) is 11.6. The molecule has 3 unspecified atom stereocenters. The number of ether oxygens (including phenoxy) is 4. The quantitative estimate of drug-likeness (QED) is 0.172. The Morgan fingerprint density at radius 1 is 1.05 bits per heavy atom. The van der Waals surface area contributed by atoms with Crippen LogP contribution in [0.1, 0.15) is 65.4 Å². The Balaban J connectivity index is 1.26. The Bertz CT molecular complexity index is 2130. The van der Waals surface area contributed by atoms with E-state index in [-0.39, 0.29) is 59.6 Å². The molecule has 55 heavy (non-hydrogen) atoms. The maximum atomic E-state index is 17.5. The van der Waals surface area contributed by atoms with Crippen LogP contribution in [0.4, 0.5) is 23.8 Å². The van der Waals surface area contributed by atoms with E-state index in [2.05, 4.69) is 9.88 Å². The standard InChI is InChI=1S/C41H48F3N5O6/c1-6-28-31(43)11-8-23-14-27(54-22-52-5)15-29(33(23)28)34-32(50)16-30-36(35(34)44)45-38(53-21-41-12-7-13-48(41)18-24(42)17-41)46-37(30)47-19-25-9-10-26(20-47)49(25)39(51)55-40(2,3)4/h8,11,14-16,24-26,50H,6-7,9-10,12-13,17-22H2,1-5H3/t24-,25?,26?,41?/m1/s1. The Morgan fingerprint density at radius 2 is 1.82 bits per heavy atom. The zero-order valence-electron chi connectivity index (χ0n) is 32.0. The lowest BCUT2D eigenvalue weighted by Gasteiger charge is -2.42. The summed E-state index contributed by atoms with van der Waals surface area (Å²) in [6, 6.07) is 7.24. The molecular formula is C41H48F3N5O6. The number of hydrogen-bond acceptors (Lipinski definition) is 10. The zero-order valence-corrected chi connectivity index (χ0v) is 32.0. The molecule has 11 nitrogen and oxygen atoms in total.